The molecule has 3 atom stereocenters. The minimum Gasteiger partial charge on any atom is -0.481 e. The maximum absolute atomic E-state index is 10.6. The average molecular weight is 673 g/mol. The standard InChI is InChI=1S/C10H12ClNO2.C9H17NO2.C8H17NO2.C6H11NO2/c11-9-3-1-7(2-4-9)8(6-12)5-10(13)14;10-7-9(6-8(11)12)4-2-1-3-5-9;1-6(2)3-7(5-9)4-8(10)11;1-2-5(7)3-4-6(8)9/h1-4,8H,5-6,12H2,(H,13,14);1-7,10H2,(H,11,12);6-7H,3-5,9H2,1-2H3,(H,10,11);2,5H,1,3-4,7H2,(H,8,9)/t8-;;7-;5-/m0.01/s1. The van der Waals surface area contributed by atoms with E-state index in [0.717, 1.165) is 37.7 Å². The second-order valence-electron chi connectivity index (χ2n) is 12.1. The molecule has 1 aliphatic carbocycles. The van der Waals surface area contributed by atoms with E-state index in [1.54, 1.807) is 18.2 Å². The van der Waals surface area contributed by atoms with E-state index in [1.807, 2.05) is 12.1 Å². The van der Waals surface area contributed by atoms with Gasteiger partial charge in [0, 0.05) is 29.8 Å². The van der Waals surface area contributed by atoms with Crippen LogP contribution < -0.4 is 22.9 Å². The summed E-state index contributed by atoms with van der Waals surface area (Å²) in [6.07, 6.45) is 9.07. The van der Waals surface area contributed by atoms with Crippen LogP contribution in [0, 0.1) is 17.3 Å². The number of carboxylic acids is 4. The number of carbonyl (C=O) groups is 4. The molecule has 0 heterocycles. The molecule has 1 saturated carbocycles. The Kier molecular flexibility index (Phi) is 25.6. The summed E-state index contributed by atoms with van der Waals surface area (Å²) in [5.74, 6) is -2.56. The van der Waals surface area contributed by atoms with E-state index in [-0.39, 0.29) is 49.0 Å². The van der Waals surface area contributed by atoms with Crippen molar-refractivity contribution in [1.82, 2.24) is 0 Å². The second kappa shape index (κ2) is 26.1. The van der Waals surface area contributed by atoms with Gasteiger partial charge in [-0.3, -0.25) is 19.2 Å². The van der Waals surface area contributed by atoms with Crippen molar-refractivity contribution in [3.05, 3.63) is 47.5 Å². The van der Waals surface area contributed by atoms with Crippen LogP contribution in [0.3, 0.4) is 0 Å². The molecule has 264 valence electrons. The van der Waals surface area contributed by atoms with E-state index in [4.69, 9.17) is 55.0 Å². The largest absolute Gasteiger partial charge is 0.481 e. The maximum atomic E-state index is 10.6. The summed E-state index contributed by atoms with van der Waals surface area (Å²) in [5.41, 5.74) is 22.7. The van der Waals surface area contributed by atoms with Crippen LogP contribution in [0.1, 0.15) is 96.0 Å². The minimum absolute atomic E-state index is 0.0537. The molecule has 1 aromatic carbocycles. The highest BCUT2D eigenvalue weighted by atomic mass is 35.5. The quantitative estimate of drug-likeness (QED) is 0.111. The monoisotopic (exact) mass is 672 g/mol. The Balaban J connectivity index is 0. The molecular weight excluding hydrogens is 616 g/mol. The third-order valence-corrected chi connectivity index (χ3v) is 7.77. The Labute approximate surface area is 278 Å². The van der Waals surface area contributed by atoms with Gasteiger partial charge >= 0.3 is 23.9 Å². The summed E-state index contributed by atoms with van der Waals surface area (Å²) >= 11 is 5.72. The molecule has 2 rings (SSSR count). The average Bonchev–Trinajstić information content (AvgIpc) is 2.99. The lowest BCUT2D eigenvalue weighted by Crippen LogP contribution is -2.34. The number of aliphatic carboxylic acids is 4. The summed E-state index contributed by atoms with van der Waals surface area (Å²) < 4.78 is 0. The van der Waals surface area contributed by atoms with E-state index in [1.165, 1.54) is 6.42 Å². The van der Waals surface area contributed by atoms with Crippen molar-refractivity contribution in [2.24, 2.45) is 40.2 Å². The first-order valence-electron chi connectivity index (χ1n) is 15.7. The second-order valence-corrected chi connectivity index (χ2v) is 12.5. The lowest BCUT2D eigenvalue weighted by atomic mass is 9.72. The van der Waals surface area contributed by atoms with Gasteiger partial charge in [-0.2, -0.15) is 0 Å². The lowest BCUT2D eigenvalue weighted by molar-refractivity contribution is -0.140. The normalized spacial score (nSPS) is 15.2. The first kappa shape index (κ1) is 45.1. The first-order chi connectivity index (χ1) is 21.5. The zero-order valence-electron chi connectivity index (χ0n) is 27.4. The van der Waals surface area contributed by atoms with Crippen LogP contribution >= 0.6 is 11.6 Å². The molecule has 0 aliphatic heterocycles. The number of benzene rings is 1. The first-order valence-corrected chi connectivity index (χ1v) is 16.0. The van der Waals surface area contributed by atoms with E-state index in [2.05, 4.69) is 20.4 Å². The maximum Gasteiger partial charge on any atom is 0.304 e. The van der Waals surface area contributed by atoms with Crippen molar-refractivity contribution in [2.45, 2.75) is 96.4 Å². The van der Waals surface area contributed by atoms with Crippen LogP contribution in [0.15, 0.2) is 36.9 Å². The van der Waals surface area contributed by atoms with Gasteiger partial charge in [0.05, 0.1) is 12.8 Å². The highest BCUT2D eigenvalue weighted by molar-refractivity contribution is 6.30. The third kappa shape index (κ3) is 24.2. The van der Waals surface area contributed by atoms with E-state index >= 15 is 0 Å². The van der Waals surface area contributed by atoms with Crippen molar-refractivity contribution in [2.75, 3.05) is 19.6 Å². The SMILES string of the molecule is C=C[C@@H](N)CCC(=O)O.CC(C)C[C@H](CN)CC(=O)O.NCC1(CC(=O)O)CCCCC1.NC[C@H](CC(=O)O)c1ccc(Cl)cc1. The van der Waals surface area contributed by atoms with Gasteiger partial charge in [0.2, 0.25) is 0 Å². The van der Waals surface area contributed by atoms with E-state index in [0.29, 0.717) is 37.0 Å². The van der Waals surface area contributed by atoms with Crippen LogP contribution in [0.2, 0.25) is 5.02 Å². The third-order valence-electron chi connectivity index (χ3n) is 7.52. The van der Waals surface area contributed by atoms with Crippen molar-refractivity contribution >= 4 is 35.5 Å². The molecular formula is C33H57ClN4O8. The molecule has 0 spiro atoms. The van der Waals surface area contributed by atoms with Crippen molar-refractivity contribution in [1.29, 1.82) is 0 Å². The highest BCUT2D eigenvalue weighted by Gasteiger charge is 2.32. The van der Waals surface area contributed by atoms with Gasteiger partial charge in [-0.05, 0) is 80.3 Å². The summed E-state index contributed by atoms with van der Waals surface area (Å²) in [7, 11) is 0. The topological polar surface area (TPSA) is 253 Å². The van der Waals surface area contributed by atoms with Crippen LogP contribution in [-0.4, -0.2) is 70.0 Å². The molecule has 12 nitrogen and oxygen atoms in total. The highest BCUT2D eigenvalue weighted by Crippen LogP contribution is 2.38. The smallest absolute Gasteiger partial charge is 0.304 e. The molecule has 0 aromatic heterocycles. The van der Waals surface area contributed by atoms with Gasteiger partial charge in [-0.1, -0.05) is 62.9 Å². The molecule has 1 aliphatic rings. The van der Waals surface area contributed by atoms with Crippen molar-refractivity contribution in [3.63, 3.8) is 0 Å². The Morgan fingerprint density at radius 3 is 1.78 bits per heavy atom. The Bertz CT molecular complexity index is 1020. The minimum atomic E-state index is -0.838. The fraction of sp³-hybridized carbons (Fsp3) is 0.636. The van der Waals surface area contributed by atoms with Crippen molar-refractivity contribution in [3.8, 4) is 0 Å². The van der Waals surface area contributed by atoms with Gasteiger partial charge in [-0.15, -0.1) is 6.58 Å². The zero-order chi connectivity index (χ0) is 35.7. The fourth-order valence-electron chi connectivity index (χ4n) is 4.94. The van der Waals surface area contributed by atoms with Crippen molar-refractivity contribution < 1.29 is 39.6 Å². The summed E-state index contributed by atoms with van der Waals surface area (Å²) in [5, 5.41) is 34.6. The number of carboxylic acid groups (broad SMARTS) is 4. The molecule has 13 heteroatoms. The summed E-state index contributed by atoms with van der Waals surface area (Å²) in [6.45, 7) is 8.90. The van der Waals surface area contributed by atoms with Gasteiger partial charge in [0.25, 0.3) is 0 Å². The number of hydrogen-bond acceptors (Lipinski definition) is 8. The molecule has 0 unspecified atom stereocenters. The van der Waals surface area contributed by atoms with Crippen LogP contribution in [0.5, 0.6) is 0 Å². The molecule has 0 saturated heterocycles. The summed E-state index contributed by atoms with van der Waals surface area (Å²) in [4.78, 5) is 41.3. The van der Waals surface area contributed by atoms with E-state index < -0.39 is 23.9 Å². The fourth-order valence-corrected chi connectivity index (χ4v) is 5.07. The zero-order valence-corrected chi connectivity index (χ0v) is 28.2. The predicted octanol–water partition coefficient (Wildman–Crippen LogP) is 4.67. The number of rotatable bonds is 16. The predicted molar refractivity (Wildman–Crippen MR) is 182 cm³/mol. The number of nitrogens with two attached hydrogens (primary N) is 4. The van der Waals surface area contributed by atoms with Gasteiger partial charge in [0.1, 0.15) is 0 Å². The molecule has 0 amide bonds. The number of halogens is 1. The van der Waals surface area contributed by atoms with Gasteiger partial charge < -0.3 is 43.4 Å². The Morgan fingerprint density at radius 1 is 0.870 bits per heavy atom. The van der Waals surface area contributed by atoms with E-state index in [9.17, 15) is 19.2 Å². The van der Waals surface area contributed by atoms with Crippen LogP contribution in [-0.2, 0) is 19.2 Å². The lowest BCUT2D eigenvalue weighted by Gasteiger charge is -2.34. The van der Waals surface area contributed by atoms with Crippen LogP contribution in [0.25, 0.3) is 0 Å². The molecule has 0 bridgehead atoms. The number of hydrogen-bond donors (Lipinski definition) is 8. The molecule has 1 aromatic rings. The molecule has 1 fully saturated rings. The Hall–Kier alpha value is -3.03. The summed E-state index contributed by atoms with van der Waals surface area (Å²) in [6, 6.07) is 6.91. The van der Waals surface area contributed by atoms with Gasteiger partial charge in [-0.25, -0.2) is 0 Å². The van der Waals surface area contributed by atoms with Gasteiger partial charge in [0.15, 0.2) is 0 Å². The van der Waals surface area contributed by atoms with Crippen LogP contribution in [0.4, 0.5) is 0 Å². The molecule has 12 N–H and O–H groups in total. The molecule has 46 heavy (non-hydrogen) atoms. The Morgan fingerprint density at radius 2 is 1.41 bits per heavy atom. The molecule has 0 radical (unpaired) electrons.